The molecule has 2 saturated heterocycles. The summed E-state index contributed by atoms with van der Waals surface area (Å²) in [4.78, 5) is 27.3. The number of piperidine rings is 2. The highest BCUT2D eigenvalue weighted by molar-refractivity contribution is 5.76. The molecule has 2 fully saturated rings. The number of rotatable bonds is 6. The molecular formula is C21H29N5O2. The van der Waals surface area contributed by atoms with Crippen LogP contribution in [0.3, 0.4) is 0 Å². The van der Waals surface area contributed by atoms with Gasteiger partial charge in [0.05, 0.1) is 5.39 Å². The summed E-state index contributed by atoms with van der Waals surface area (Å²) in [6, 6.07) is 7.84. The minimum absolute atomic E-state index is 0.0646. The van der Waals surface area contributed by atoms with Crippen LogP contribution in [0.2, 0.25) is 0 Å². The van der Waals surface area contributed by atoms with Gasteiger partial charge in [-0.1, -0.05) is 23.8 Å². The van der Waals surface area contributed by atoms with Crippen LogP contribution in [0, 0.1) is 5.92 Å². The number of benzene rings is 1. The average molecular weight is 383 g/mol. The third kappa shape index (κ3) is 4.24. The highest BCUT2D eigenvalue weighted by atomic mass is 16.1. The first-order chi connectivity index (χ1) is 13.7. The van der Waals surface area contributed by atoms with E-state index in [-0.39, 0.29) is 11.5 Å². The number of nitrogens with zero attached hydrogens (tertiary/aromatic N) is 4. The average Bonchev–Trinajstić information content (AvgIpc) is 2.74. The molecule has 7 heteroatoms. The molecule has 28 heavy (non-hydrogen) atoms. The highest BCUT2D eigenvalue weighted by Crippen LogP contribution is 2.30. The molecule has 0 spiro atoms. The maximum absolute atomic E-state index is 12.4. The Labute approximate surface area is 165 Å². The first kappa shape index (κ1) is 19.1. The maximum atomic E-state index is 12.4. The van der Waals surface area contributed by atoms with E-state index in [2.05, 4.69) is 20.5 Å². The first-order valence-corrected chi connectivity index (χ1v) is 10.6. The second-order valence-electron chi connectivity index (χ2n) is 8.04. The second kappa shape index (κ2) is 8.82. The summed E-state index contributed by atoms with van der Waals surface area (Å²) in [5.41, 5.74) is 0.455. The van der Waals surface area contributed by atoms with Gasteiger partial charge in [0, 0.05) is 25.6 Å². The topological polar surface area (TPSA) is 80.1 Å². The van der Waals surface area contributed by atoms with Crippen molar-refractivity contribution in [2.75, 3.05) is 19.6 Å². The summed E-state index contributed by atoms with van der Waals surface area (Å²) in [5, 5.41) is 11.8. The third-order valence-corrected chi connectivity index (χ3v) is 6.19. The summed E-state index contributed by atoms with van der Waals surface area (Å²) in [6.07, 6.45) is 7.33. The van der Waals surface area contributed by atoms with Crippen LogP contribution in [0.15, 0.2) is 29.1 Å². The van der Waals surface area contributed by atoms with Crippen molar-refractivity contribution in [1.29, 1.82) is 0 Å². The van der Waals surface area contributed by atoms with E-state index in [0.29, 0.717) is 42.2 Å². The number of hydrogen-bond acceptors (Lipinski definition) is 5. The molecule has 0 saturated carbocycles. The fourth-order valence-electron chi connectivity index (χ4n) is 4.71. The van der Waals surface area contributed by atoms with Crippen LogP contribution < -0.4 is 10.9 Å². The standard InChI is InChI=1S/C21H29N5O2/c27-20(22-15-16-7-5-13-25-12-4-3-10-19(16)25)11-6-14-26-21(28)17-8-1-2-9-18(17)23-24-26/h1-2,8-9,16,19H,3-7,10-15H2,(H,22,27)/t16-,19-/m1/s1. The van der Waals surface area contributed by atoms with E-state index in [9.17, 15) is 9.59 Å². The first-order valence-electron chi connectivity index (χ1n) is 10.6. The Morgan fingerprint density at radius 2 is 2.00 bits per heavy atom. The molecule has 150 valence electrons. The summed E-state index contributed by atoms with van der Waals surface area (Å²) < 4.78 is 1.36. The predicted molar refractivity (Wildman–Crippen MR) is 108 cm³/mol. The van der Waals surface area contributed by atoms with Crippen LogP contribution in [0.5, 0.6) is 0 Å². The van der Waals surface area contributed by atoms with Gasteiger partial charge in [-0.3, -0.25) is 9.59 Å². The quantitative estimate of drug-likeness (QED) is 0.825. The van der Waals surface area contributed by atoms with E-state index in [1.54, 1.807) is 12.1 Å². The minimum atomic E-state index is -0.148. The second-order valence-corrected chi connectivity index (χ2v) is 8.04. The van der Waals surface area contributed by atoms with Gasteiger partial charge in [0.15, 0.2) is 0 Å². The molecule has 4 rings (SSSR count). The van der Waals surface area contributed by atoms with E-state index < -0.39 is 0 Å². The van der Waals surface area contributed by atoms with Crippen molar-refractivity contribution in [1.82, 2.24) is 25.2 Å². The highest BCUT2D eigenvalue weighted by Gasteiger charge is 2.32. The van der Waals surface area contributed by atoms with Gasteiger partial charge >= 0.3 is 0 Å². The van der Waals surface area contributed by atoms with Gasteiger partial charge in [-0.15, -0.1) is 5.10 Å². The zero-order valence-corrected chi connectivity index (χ0v) is 16.3. The Bertz CT molecular complexity index is 878. The molecule has 1 amide bonds. The summed E-state index contributed by atoms with van der Waals surface area (Å²) >= 11 is 0. The van der Waals surface area contributed by atoms with Crippen LogP contribution in [0.4, 0.5) is 0 Å². The molecule has 0 radical (unpaired) electrons. The molecule has 1 aromatic heterocycles. The molecule has 7 nitrogen and oxygen atoms in total. The van der Waals surface area contributed by atoms with Gasteiger partial charge in [0.2, 0.25) is 5.91 Å². The lowest BCUT2D eigenvalue weighted by Gasteiger charge is -2.44. The van der Waals surface area contributed by atoms with Gasteiger partial charge in [-0.25, -0.2) is 4.68 Å². The fourth-order valence-corrected chi connectivity index (χ4v) is 4.71. The predicted octanol–water partition coefficient (Wildman–Crippen LogP) is 1.95. The number of hydrogen-bond donors (Lipinski definition) is 1. The van der Waals surface area contributed by atoms with Crippen molar-refractivity contribution in [3.63, 3.8) is 0 Å². The van der Waals surface area contributed by atoms with Crippen molar-refractivity contribution in [3.8, 4) is 0 Å². The summed E-state index contributed by atoms with van der Waals surface area (Å²) in [5.74, 6) is 0.640. The Morgan fingerprint density at radius 3 is 2.93 bits per heavy atom. The number of amides is 1. The Balaban J connectivity index is 1.25. The minimum Gasteiger partial charge on any atom is -0.356 e. The zero-order valence-electron chi connectivity index (χ0n) is 16.3. The molecule has 2 aliphatic heterocycles. The number of carbonyl (C=O) groups excluding carboxylic acids is 1. The Kier molecular flexibility index (Phi) is 6.00. The number of nitrogens with one attached hydrogen (secondary N) is 1. The third-order valence-electron chi connectivity index (χ3n) is 6.19. The lowest BCUT2D eigenvalue weighted by molar-refractivity contribution is -0.121. The largest absolute Gasteiger partial charge is 0.356 e. The normalized spacial score (nSPS) is 22.7. The fraction of sp³-hybridized carbons (Fsp3) is 0.619. The molecule has 2 aliphatic rings. The van der Waals surface area contributed by atoms with Crippen LogP contribution in [-0.2, 0) is 11.3 Å². The molecule has 3 heterocycles. The van der Waals surface area contributed by atoms with Crippen molar-refractivity contribution >= 4 is 16.8 Å². The summed E-state index contributed by atoms with van der Waals surface area (Å²) in [6.45, 7) is 3.62. The number of aromatic nitrogens is 3. The van der Waals surface area contributed by atoms with Gasteiger partial charge in [-0.2, -0.15) is 0 Å². The van der Waals surface area contributed by atoms with E-state index in [0.717, 1.165) is 6.54 Å². The van der Waals surface area contributed by atoms with Crippen LogP contribution in [0.1, 0.15) is 44.9 Å². The molecule has 1 N–H and O–H groups in total. The van der Waals surface area contributed by atoms with Gasteiger partial charge < -0.3 is 10.2 Å². The van der Waals surface area contributed by atoms with Crippen molar-refractivity contribution in [2.24, 2.45) is 5.92 Å². The lowest BCUT2D eigenvalue weighted by Crippen LogP contribution is -2.51. The number of carbonyl (C=O) groups is 1. The molecule has 2 aromatic rings. The SMILES string of the molecule is O=C(CCCn1nnc2ccccc2c1=O)NC[C@H]1CCCN2CCCC[C@H]12. The van der Waals surface area contributed by atoms with Crippen molar-refractivity contribution in [2.45, 2.75) is 57.5 Å². The lowest BCUT2D eigenvalue weighted by atomic mass is 9.83. The molecule has 0 bridgehead atoms. The van der Waals surface area contributed by atoms with Crippen LogP contribution >= 0.6 is 0 Å². The zero-order chi connectivity index (χ0) is 19.3. The molecule has 2 atom stereocenters. The van der Waals surface area contributed by atoms with E-state index in [4.69, 9.17) is 0 Å². The Morgan fingerprint density at radius 1 is 1.14 bits per heavy atom. The van der Waals surface area contributed by atoms with E-state index in [1.165, 1.54) is 49.9 Å². The monoisotopic (exact) mass is 383 g/mol. The van der Waals surface area contributed by atoms with Crippen LogP contribution in [-0.4, -0.2) is 51.5 Å². The molecular weight excluding hydrogens is 354 g/mol. The molecule has 0 unspecified atom stereocenters. The van der Waals surface area contributed by atoms with E-state index >= 15 is 0 Å². The van der Waals surface area contributed by atoms with Crippen molar-refractivity contribution < 1.29 is 4.79 Å². The van der Waals surface area contributed by atoms with Gasteiger partial charge in [0.1, 0.15) is 5.52 Å². The van der Waals surface area contributed by atoms with Crippen molar-refractivity contribution in [3.05, 3.63) is 34.6 Å². The van der Waals surface area contributed by atoms with Crippen LogP contribution in [0.25, 0.3) is 10.9 Å². The Hall–Kier alpha value is -2.28. The maximum Gasteiger partial charge on any atom is 0.277 e. The smallest absolute Gasteiger partial charge is 0.277 e. The van der Waals surface area contributed by atoms with E-state index in [1.807, 2.05) is 12.1 Å². The number of aryl methyl sites for hydroxylation is 1. The summed E-state index contributed by atoms with van der Waals surface area (Å²) in [7, 11) is 0. The number of fused-ring (bicyclic) bond motifs is 2. The molecule has 1 aromatic carbocycles. The molecule has 0 aliphatic carbocycles. The van der Waals surface area contributed by atoms with Gasteiger partial charge in [-0.05, 0) is 63.2 Å². The van der Waals surface area contributed by atoms with Gasteiger partial charge in [0.25, 0.3) is 5.56 Å².